The van der Waals surface area contributed by atoms with E-state index in [9.17, 15) is 12.8 Å². The largest absolute Gasteiger partial charge is 0.497 e. The van der Waals surface area contributed by atoms with E-state index in [1.54, 1.807) is 7.11 Å². The smallest absolute Gasteiger partial charge is 0.240 e. The maximum atomic E-state index is 13.4. The van der Waals surface area contributed by atoms with Crippen molar-refractivity contribution in [1.29, 1.82) is 0 Å². The second-order valence-electron chi connectivity index (χ2n) is 6.69. The number of nitrogens with zero attached hydrogens (tertiary/aromatic N) is 1. The van der Waals surface area contributed by atoms with E-state index in [0.29, 0.717) is 0 Å². The number of ether oxygens (including phenoxy) is 1. The standard InChI is InChI=1S/C20H25FN2O3S/c1-26-18-10-8-16(9-11-18)20(23-12-3-2-4-13-23)15-22-27(24,25)19-7-5-6-17(21)14-19/h5-11,14,20,22H,2-4,12-13,15H2,1H3/t20-/m1/s1. The molecule has 5 nitrogen and oxygen atoms in total. The molecule has 1 aliphatic heterocycles. The molecule has 0 aromatic heterocycles. The van der Waals surface area contributed by atoms with Gasteiger partial charge in [0, 0.05) is 12.6 Å². The van der Waals surface area contributed by atoms with Crippen molar-refractivity contribution in [2.45, 2.75) is 30.2 Å². The Morgan fingerprint density at radius 2 is 1.81 bits per heavy atom. The molecule has 1 fully saturated rings. The lowest BCUT2D eigenvalue weighted by Crippen LogP contribution is -2.40. The summed E-state index contributed by atoms with van der Waals surface area (Å²) in [5, 5.41) is 0. The van der Waals surface area contributed by atoms with Gasteiger partial charge in [-0.05, 0) is 61.8 Å². The molecule has 1 atom stereocenters. The highest BCUT2D eigenvalue weighted by atomic mass is 32.2. The summed E-state index contributed by atoms with van der Waals surface area (Å²) in [6.07, 6.45) is 3.40. The molecule has 3 rings (SSSR count). The number of sulfonamides is 1. The number of rotatable bonds is 7. The van der Waals surface area contributed by atoms with Crippen molar-refractivity contribution in [3.63, 3.8) is 0 Å². The van der Waals surface area contributed by atoms with Crippen LogP contribution in [0.25, 0.3) is 0 Å². The van der Waals surface area contributed by atoms with Crippen molar-refractivity contribution in [3.8, 4) is 5.75 Å². The van der Waals surface area contributed by atoms with Gasteiger partial charge in [0.05, 0.1) is 12.0 Å². The maximum Gasteiger partial charge on any atom is 0.240 e. The van der Waals surface area contributed by atoms with E-state index in [4.69, 9.17) is 4.74 Å². The van der Waals surface area contributed by atoms with Crippen LogP contribution in [0.2, 0.25) is 0 Å². The van der Waals surface area contributed by atoms with Crippen LogP contribution in [0.3, 0.4) is 0 Å². The Balaban J connectivity index is 1.80. The topological polar surface area (TPSA) is 58.6 Å². The number of halogens is 1. The Kier molecular flexibility index (Phi) is 6.46. The highest BCUT2D eigenvalue weighted by Crippen LogP contribution is 2.26. The first-order valence-corrected chi connectivity index (χ1v) is 10.6. The Bertz CT molecular complexity index is 850. The van der Waals surface area contributed by atoms with Gasteiger partial charge >= 0.3 is 0 Å². The zero-order valence-corrected chi connectivity index (χ0v) is 16.2. The number of piperidine rings is 1. The van der Waals surface area contributed by atoms with Gasteiger partial charge in [-0.15, -0.1) is 0 Å². The van der Waals surface area contributed by atoms with Gasteiger partial charge < -0.3 is 4.74 Å². The lowest BCUT2D eigenvalue weighted by molar-refractivity contribution is 0.164. The number of hydrogen-bond donors (Lipinski definition) is 1. The first-order valence-electron chi connectivity index (χ1n) is 9.13. The summed E-state index contributed by atoms with van der Waals surface area (Å²) < 4.78 is 46.5. The summed E-state index contributed by atoms with van der Waals surface area (Å²) >= 11 is 0. The zero-order valence-electron chi connectivity index (χ0n) is 15.4. The van der Waals surface area contributed by atoms with Crippen molar-refractivity contribution >= 4 is 10.0 Å². The molecule has 0 bridgehead atoms. The molecule has 1 N–H and O–H groups in total. The quantitative estimate of drug-likeness (QED) is 0.785. The molecule has 0 unspecified atom stereocenters. The van der Waals surface area contributed by atoms with Crippen LogP contribution in [-0.2, 0) is 10.0 Å². The second-order valence-corrected chi connectivity index (χ2v) is 8.46. The highest BCUT2D eigenvalue weighted by molar-refractivity contribution is 7.89. The van der Waals surface area contributed by atoms with E-state index >= 15 is 0 Å². The van der Waals surface area contributed by atoms with Crippen LogP contribution in [0.1, 0.15) is 30.9 Å². The molecule has 0 spiro atoms. The van der Waals surface area contributed by atoms with E-state index in [2.05, 4.69) is 9.62 Å². The number of methoxy groups -OCH3 is 1. The Hall–Kier alpha value is -1.96. The summed E-state index contributed by atoms with van der Waals surface area (Å²) in [5.74, 6) is 0.192. The van der Waals surface area contributed by atoms with Gasteiger partial charge in [-0.1, -0.05) is 24.6 Å². The van der Waals surface area contributed by atoms with E-state index in [1.165, 1.54) is 24.6 Å². The number of hydrogen-bond acceptors (Lipinski definition) is 4. The molecule has 1 aliphatic rings. The van der Waals surface area contributed by atoms with Crippen LogP contribution in [0.15, 0.2) is 53.4 Å². The highest BCUT2D eigenvalue weighted by Gasteiger charge is 2.25. The molecular weight excluding hydrogens is 367 g/mol. The van der Waals surface area contributed by atoms with E-state index < -0.39 is 15.8 Å². The predicted molar refractivity (Wildman–Crippen MR) is 103 cm³/mol. The van der Waals surface area contributed by atoms with Gasteiger partial charge in [-0.2, -0.15) is 0 Å². The minimum Gasteiger partial charge on any atom is -0.497 e. The van der Waals surface area contributed by atoms with Gasteiger partial charge in [-0.25, -0.2) is 17.5 Å². The number of likely N-dealkylation sites (tertiary alicyclic amines) is 1. The average molecular weight is 392 g/mol. The van der Waals surface area contributed by atoms with Crippen LogP contribution in [-0.4, -0.2) is 40.1 Å². The molecule has 1 heterocycles. The fourth-order valence-electron chi connectivity index (χ4n) is 3.42. The molecule has 1 saturated heterocycles. The minimum absolute atomic E-state index is 0.0605. The minimum atomic E-state index is -3.78. The number of benzene rings is 2. The summed E-state index contributed by atoms with van der Waals surface area (Å²) in [7, 11) is -2.16. The van der Waals surface area contributed by atoms with Crippen molar-refractivity contribution in [3.05, 3.63) is 59.9 Å². The van der Waals surface area contributed by atoms with Gasteiger partial charge in [-0.3, -0.25) is 4.90 Å². The summed E-state index contributed by atoms with van der Waals surface area (Å²) in [5.41, 5.74) is 1.03. The third kappa shape index (κ3) is 5.06. The van der Waals surface area contributed by atoms with Crippen LogP contribution in [0.4, 0.5) is 4.39 Å². The molecule has 146 valence electrons. The maximum absolute atomic E-state index is 13.4. The lowest BCUT2D eigenvalue weighted by Gasteiger charge is -2.35. The molecule has 0 radical (unpaired) electrons. The zero-order chi connectivity index (χ0) is 19.3. The van der Waals surface area contributed by atoms with Gasteiger partial charge in [0.1, 0.15) is 11.6 Å². The summed E-state index contributed by atoms with van der Waals surface area (Å²) in [6, 6.07) is 12.7. The van der Waals surface area contributed by atoms with Crippen molar-refractivity contribution in [2.75, 3.05) is 26.7 Å². The lowest BCUT2D eigenvalue weighted by atomic mass is 10.0. The molecule has 27 heavy (non-hydrogen) atoms. The molecule has 0 aliphatic carbocycles. The third-order valence-corrected chi connectivity index (χ3v) is 6.33. The SMILES string of the molecule is COc1ccc([C@@H](CNS(=O)(=O)c2cccc(F)c2)N2CCCCC2)cc1. The molecular formula is C20H25FN2O3S. The normalized spacial score (nSPS) is 16.8. The van der Waals surface area contributed by atoms with Crippen LogP contribution >= 0.6 is 0 Å². The first kappa shape index (κ1) is 19.8. The van der Waals surface area contributed by atoms with Crippen LogP contribution in [0.5, 0.6) is 5.75 Å². The molecule has 2 aromatic carbocycles. The van der Waals surface area contributed by atoms with E-state index in [1.807, 2.05) is 24.3 Å². The Labute approximate surface area is 160 Å². The molecule has 2 aromatic rings. The molecule has 0 saturated carbocycles. The van der Waals surface area contributed by atoms with Gasteiger partial charge in [0.2, 0.25) is 10.0 Å². The first-order chi connectivity index (χ1) is 13.0. The van der Waals surface area contributed by atoms with Crippen molar-refractivity contribution < 1.29 is 17.5 Å². The number of nitrogens with one attached hydrogen (secondary N) is 1. The van der Waals surface area contributed by atoms with Crippen molar-refractivity contribution in [1.82, 2.24) is 9.62 Å². The third-order valence-electron chi connectivity index (χ3n) is 4.91. The Morgan fingerprint density at radius 3 is 2.44 bits per heavy atom. The monoisotopic (exact) mass is 392 g/mol. The predicted octanol–water partition coefficient (Wildman–Crippen LogP) is 3.34. The second kappa shape index (κ2) is 8.82. The molecule has 7 heteroatoms. The van der Waals surface area contributed by atoms with Gasteiger partial charge in [0.15, 0.2) is 0 Å². The van der Waals surface area contributed by atoms with Crippen LogP contribution < -0.4 is 9.46 Å². The van der Waals surface area contributed by atoms with E-state index in [-0.39, 0.29) is 17.5 Å². The fourth-order valence-corrected chi connectivity index (χ4v) is 4.49. The molecule has 0 amide bonds. The fraction of sp³-hybridized carbons (Fsp3) is 0.400. The summed E-state index contributed by atoms with van der Waals surface area (Å²) in [4.78, 5) is 2.24. The summed E-state index contributed by atoms with van der Waals surface area (Å²) in [6.45, 7) is 2.09. The van der Waals surface area contributed by atoms with Gasteiger partial charge in [0.25, 0.3) is 0 Å². The Morgan fingerprint density at radius 1 is 1.11 bits per heavy atom. The van der Waals surface area contributed by atoms with E-state index in [0.717, 1.165) is 43.3 Å². The van der Waals surface area contributed by atoms with Crippen LogP contribution in [0, 0.1) is 5.82 Å². The average Bonchev–Trinajstić information content (AvgIpc) is 2.69. The van der Waals surface area contributed by atoms with Crippen molar-refractivity contribution in [2.24, 2.45) is 0 Å².